The first-order valence-electron chi connectivity index (χ1n) is 12.2. The van der Waals surface area contributed by atoms with Crippen LogP contribution in [0, 0.1) is 19.8 Å². The fraction of sp³-hybridized carbons (Fsp3) is 0.500. The second-order valence-corrected chi connectivity index (χ2v) is 10.5. The first kappa shape index (κ1) is 22.9. The van der Waals surface area contributed by atoms with E-state index >= 15 is 0 Å². The molecule has 0 unspecified atom stereocenters. The quantitative estimate of drug-likeness (QED) is 0.549. The second-order valence-electron chi connectivity index (χ2n) is 9.48. The third kappa shape index (κ3) is 4.31. The number of thiophene rings is 1. The number of rotatable bonds is 4. The molecule has 0 spiro atoms. The number of aryl methyl sites for hydroxylation is 2. The lowest BCUT2D eigenvalue weighted by Crippen LogP contribution is -2.48. The van der Waals surface area contributed by atoms with E-state index in [1.165, 1.54) is 24.2 Å². The molecule has 0 aliphatic carbocycles. The standard InChI is InChI=1S/C26H33N5O2S/c1-17-9-11-30(12-10-17)24-22-18(2)23(34-25(22)28-19(3)27-24)26(32)31-15-13-29(14-16-31)20-5-7-21(33-4)8-6-20/h5-8,17H,9-16H2,1-4H3. The Kier molecular flexibility index (Phi) is 6.34. The third-order valence-electron chi connectivity index (χ3n) is 7.16. The van der Waals surface area contributed by atoms with Gasteiger partial charge in [-0.3, -0.25) is 4.79 Å². The highest BCUT2D eigenvalue weighted by Gasteiger charge is 2.28. The molecule has 5 rings (SSSR count). The minimum atomic E-state index is 0.116. The van der Waals surface area contributed by atoms with Crippen molar-refractivity contribution < 1.29 is 9.53 Å². The van der Waals surface area contributed by atoms with Crippen LogP contribution < -0.4 is 14.5 Å². The number of carbonyl (C=O) groups is 1. The van der Waals surface area contributed by atoms with E-state index in [-0.39, 0.29) is 5.91 Å². The molecular weight excluding hydrogens is 446 g/mol. The molecule has 2 saturated heterocycles. The van der Waals surface area contributed by atoms with Crippen LogP contribution in [0.15, 0.2) is 24.3 Å². The Morgan fingerprint density at radius 1 is 0.971 bits per heavy atom. The van der Waals surface area contributed by atoms with Crippen LogP contribution in [0.25, 0.3) is 10.2 Å². The molecule has 2 aromatic heterocycles. The van der Waals surface area contributed by atoms with Crippen molar-refractivity contribution in [3.63, 3.8) is 0 Å². The lowest BCUT2D eigenvalue weighted by Gasteiger charge is -2.36. The topological polar surface area (TPSA) is 61.8 Å². The number of hydrogen-bond donors (Lipinski definition) is 0. The summed E-state index contributed by atoms with van der Waals surface area (Å²) in [6.45, 7) is 11.4. The summed E-state index contributed by atoms with van der Waals surface area (Å²) in [7, 11) is 1.68. The minimum Gasteiger partial charge on any atom is -0.497 e. The Balaban J connectivity index is 1.35. The van der Waals surface area contributed by atoms with Crippen LogP contribution >= 0.6 is 11.3 Å². The summed E-state index contributed by atoms with van der Waals surface area (Å²) in [6.07, 6.45) is 2.36. The van der Waals surface area contributed by atoms with Crippen molar-refractivity contribution in [3.8, 4) is 5.75 Å². The molecule has 0 radical (unpaired) electrons. The summed E-state index contributed by atoms with van der Waals surface area (Å²) in [5.74, 6) is 3.51. The fourth-order valence-corrected chi connectivity index (χ4v) is 6.17. The number of piperazine rings is 1. The maximum absolute atomic E-state index is 13.6. The highest BCUT2D eigenvalue weighted by Crippen LogP contribution is 2.37. The van der Waals surface area contributed by atoms with Gasteiger partial charge in [0.1, 0.15) is 22.2 Å². The average molecular weight is 480 g/mol. The number of amides is 1. The average Bonchev–Trinajstić information content (AvgIpc) is 3.19. The van der Waals surface area contributed by atoms with Crippen molar-refractivity contribution in [2.24, 2.45) is 5.92 Å². The van der Waals surface area contributed by atoms with Crippen molar-refractivity contribution >= 4 is 39.0 Å². The van der Waals surface area contributed by atoms with Gasteiger partial charge in [-0.1, -0.05) is 6.92 Å². The zero-order chi connectivity index (χ0) is 23.8. The van der Waals surface area contributed by atoms with Crippen molar-refractivity contribution in [3.05, 3.63) is 40.5 Å². The predicted octanol–water partition coefficient (Wildman–Crippen LogP) is 4.52. The van der Waals surface area contributed by atoms with E-state index in [9.17, 15) is 4.79 Å². The van der Waals surface area contributed by atoms with Gasteiger partial charge in [0.2, 0.25) is 0 Å². The van der Waals surface area contributed by atoms with Crippen LogP contribution in [0.3, 0.4) is 0 Å². The predicted molar refractivity (Wildman–Crippen MR) is 139 cm³/mol. The molecule has 8 heteroatoms. The van der Waals surface area contributed by atoms with E-state index in [1.807, 2.05) is 24.0 Å². The Morgan fingerprint density at radius 3 is 2.29 bits per heavy atom. The fourth-order valence-electron chi connectivity index (χ4n) is 4.98. The number of anilines is 2. The van der Waals surface area contributed by atoms with E-state index < -0.39 is 0 Å². The molecule has 0 N–H and O–H groups in total. The summed E-state index contributed by atoms with van der Waals surface area (Å²) in [5, 5.41) is 1.06. The number of piperidine rings is 1. The molecule has 1 amide bonds. The number of fused-ring (bicyclic) bond motifs is 1. The van der Waals surface area contributed by atoms with Crippen LogP contribution in [-0.4, -0.2) is 67.2 Å². The number of aromatic nitrogens is 2. The number of carbonyl (C=O) groups excluding carboxylic acids is 1. The van der Waals surface area contributed by atoms with Gasteiger partial charge in [0.25, 0.3) is 5.91 Å². The molecule has 2 fully saturated rings. The van der Waals surface area contributed by atoms with Gasteiger partial charge in [0, 0.05) is 45.0 Å². The van der Waals surface area contributed by atoms with Crippen LogP contribution in [0.5, 0.6) is 5.75 Å². The van der Waals surface area contributed by atoms with Crippen LogP contribution in [-0.2, 0) is 0 Å². The Bertz CT molecular complexity index is 1180. The van der Waals surface area contributed by atoms with Gasteiger partial charge in [-0.15, -0.1) is 11.3 Å². The molecule has 0 saturated carbocycles. The molecule has 34 heavy (non-hydrogen) atoms. The van der Waals surface area contributed by atoms with Gasteiger partial charge >= 0.3 is 0 Å². The summed E-state index contributed by atoms with van der Waals surface area (Å²) in [6, 6.07) is 8.13. The molecule has 7 nitrogen and oxygen atoms in total. The van der Waals surface area contributed by atoms with Gasteiger partial charge in [-0.2, -0.15) is 0 Å². The largest absolute Gasteiger partial charge is 0.497 e. The SMILES string of the molecule is COc1ccc(N2CCN(C(=O)c3sc4nc(C)nc(N5CCC(C)CC5)c4c3C)CC2)cc1. The van der Waals surface area contributed by atoms with E-state index in [0.717, 1.165) is 75.8 Å². The lowest BCUT2D eigenvalue weighted by molar-refractivity contribution is 0.0751. The summed E-state index contributed by atoms with van der Waals surface area (Å²) >= 11 is 1.52. The van der Waals surface area contributed by atoms with Gasteiger partial charge in [0.05, 0.1) is 17.4 Å². The molecular formula is C26H33N5O2S. The molecule has 1 aromatic carbocycles. The monoisotopic (exact) mass is 479 g/mol. The third-order valence-corrected chi connectivity index (χ3v) is 8.34. The Labute approximate surface area is 205 Å². The molecule has 180 valence electrons. The van der Waals surface area contributed by atoms with Gasteiger partial charge in [-0.05, 0) is 62.4 Å². The molecule has 0 bridgehead atoms. The highest BCUT2D eigenvalue weighted by atomic mass is 32.1. The zero-order valence-electron chi connectivity index (χ0n) is 20.5. The van der Waals surface area contributed by atoms with Crippen molar-refractivity contribution in [1.82, 2.24) is 14.9 Å². The zero-order valence-corrected chi connectivity index (χ0v) is 21.3. The number of nitrogens with zero attached hydrogens (tertiary/aromatic N) is 5. The highest BCUT2D eigenvalue weighted by molar-refractivity contribution is 7.20. The first-order chi connectivity index (χ1) is 16.4. The number of ether oxygens (including phenoxy) is 1. The molecule has 0 atom stereocenters. The molecule has 4 heterocycles. The molecule has 2 aliphatic rings. The summed E-state index contributed by atoms with van der Waals surface area (Å²) in [4.78, 5) is 31.6. The lowest BCUT2D eigenvalue weighted by atomic mass is 9.99. The van der Waals surface area contributed by atoms with Crippen LogP contribution in [0.2, 0.25) is 0 Å². The van der Waals surface area contributed by atoms with E-state index in [0.29, 0.717) is 13.1 Å². The van der Waals surface area contributed by atoms with Crippen molar-refractivity contribution in [1.29, 1.82) is 0 Å². The maximum Gasteiger partial charge on any atom is 0.264 e. The van der Waals surface area contributed by atoms with Crippen LogP contribution in [0.4, 0.5) is 11.5 Å². The van der Waals surface area contributed by atoms with Gasteiger partial charge in [0.15, 0.2) is 0 Å². The normalized spacial score (nSPS) is 17.5. The minimum absolute atomic E-state index is 0.116. The molecule has 3 aromatic rings. The smallest absolute Gasteiger partial charge is 0.264 e. The second kappa shape index (κ2) is 9.41. The van der Waals surface area contributed by atoms with E-state index in [4.69, 9.17) is 14.7 Å². The molecule has 2 aliphatic heterocycles. The Morgan fingerprint density at radius 2 is 1.65 bits per heavy atom. The van der Waals surface area contributed by atoms with Gasteiger partial charge < -0.3 is 19.4 Å². The van der Waals surface area contributed by atoms with Crippen molar-refractivity contribution in [2.75, 3.05) is 56.2 Å². The van der Waals surface area contributed by atoms with Crippen molar-refractivity contribution in [2.45, 2.75) is 33.6 Å². The van der Waals surface area contributed by atoms with Gasteiger partial charge in [-0.25, -0.2) is 9.97 Å². The number of methoxy groups -OCH3 is 1. The Hall–Kier alpha value is -2.87. The van der Waals surface area contributed by atoms with E-state index in [2.05, 4.69) is 35.8 Å². The summed E-state index contributed by atoms with van der Waals surface area (Å²) < 4.78 is 5.27. The van der Waals surface area contributed by atoms with Crippen LogP contribution in [0.1, 0.15) is 40.8 Å². The van der Waals surface area contributed by atoms with E-state index in [1.54, 1.807) is 7.11 Å². The summed E-state index contributed by atoms with van der Waals surface area (Å²) in [5.41, 5.74) is 2.19. The first-order valence-corrected chi connectivity index (χ1v) is 13.0. The maximum atomic E-state index is 13.6. The number of benzene rings is 1. The number of hydrogen-bond acceptors (Lipinski definition) is 7.